The number of carbonyl (C=O) groups is 2. The number of halogens is 1. The Kier molecular flexibility index (Phi) is 5.20. The van der Waals surface area contributed by atoms with Crippen LogP contribution in [-0.4, -0.2) is 39.6 Å². The predicted octanol–water partition coefficient (Wildman–Crippen LogP) is 3.92. The number of likely N-dealkylation sites (tertiary alicyclic amines) is 1. The van der Waals surface area contributed by atoms with Crippen LogP contribution in [0.1, 0.15) is 42.6 Å². The summed E-state index contributed by atoms with van der Waals surface area (Å²) in [5.41, 5.74) is 0.247. The Morgan fingerprint density at radius 3 is 2.96 bits per heavy atom. The lowest BCUT2D eigenvalue weighted by molar-refractivity contribution is -0.137. The summed E-state index contributed by atoms with van der Waals surface area (Å²) in [6.45, 7) is 0.621. The van der Waals surface area contributed by atoms with Gasteiger partial charge in [0.05, 0.1) is 9.21 Å². The number of aromatic nitrogens is 1. The molecular weight excluding hydrogens is 352 g/mol. The average Bonchev–Trinajstić information content (AvgIpc) is 3.21. The molecule has 1 aliphatic heterocycles. The van der Waals surface area contributed by atoms with Gasteiger partial charge in [-0.15, -0.1) is 11.3 Å². The first-order valence-corrected chi connectivity index (χ1v) is 8.99. The fourth-order valence-corrected chi connectivity index (χ4v) is 3.94. The molecule has 1 atom stereocenters. The lowest BCUT2D eigenvalue weighted by atomic mass is 9.97. The largest absolute Gasteiger partial charge is 0.481 e. The first-order valence-electron chi connectivity index (χ1n) is 7.80. The van der Waals surface area contributed by atoms with Crippen LogP contribution in [0.3, 0.4) is 0 Å². The number of carbonyl (C=O) groups excluding carboxylic acids is 1. The third kappa shape index (κ3) is 3.79. The van der Waals surface area contributed by atoms with E-state index in [0.29, 0.717) is 23.1 Å². The fraction of sp³-hybridized carbons (Fsp3) is 0.438. The van der Waals surface area contributed by atoms with Crippen LogP contribution in [0.5, 0.6) is 0 Å². The zero-order valence-electron chi connectivity index (χ0n) is 12.9. The molecule has 0 saturated carbocycles. The van der Waals surface area contributed by atoms with E-state index >= 15 is 0 Å². The van der Waals surface area contributed by atoms with E-state index in [1.54, 1.807) is 17.0 Å². The molecule has 1 aliphatic rings. The van der Waals surface area contributed by atoms with Crippen molar-refractivity contribution in [1.29, 1.82) is 0 Å². The highest BCUT2D eigenvalue weighted by molar-refractivity contribution is 7.19. The molecule has 0 aliphatic carbocycles. The highest BCUT2D eigenvalue weighted by Gasteiger charge is 2.29. The highest BCUT2D eigenvalue weighted by atomic mass is 35.5. The smallest absolute Gasteiger partial charge is 0.303 e. The van der Waals surface area contributed by atoms with E-state index in [4.69, 9.17) is 21.2 Å². The van der Waals surface area contributed by atoms with E-state index in [0.717, 1.165) is 24.1 Å². The maximum atomic E-state index is 12.7. The number of carboxylic acids is 1. The van der Waals surface area contributed by atoms with Crippen LogP contribution in [0, 0.1) is 0 Å². The number of rotatable bonds is 5. The van der Waals surface area contributed by atoms with Gasteiger partial charge in [0, 0.05) is 25.1 Å². The Labute approximate surface area is 148 Å². The normalized spacial score (nSPS) is 17.9. The van der Waals surface area contributed by atoms with Crippen LogP contribution in [0.15, 0.2) is 22.7 Å². The number of carboxylic acid groups (broad SMARTS) is 1. The quantitative estimate of drug-likeness (QED) is 0.864. The lowest BCUT2D eigenvalue weighted by Gasteiger charge is -2.35. The molecule has 0 radical (unpaired) electrons. The summed E-state index contributed by atoms with van der Waals surface area (Å²) < 4.78 is 5.91. The fourth-order valence-electron chi connectivity index (χ4n) is 2.94. The van der Waals surface area contributed by atoms with Gasteiger partial charge in [-0.3, -0.25) is 9.59 Å². The minimum Gasteiger partial charge on any atom is -0.481 e. The summed E-state index contributed by atoms with van der Waals surface area (Å²) >= 11 is 7.27. The zero-order chi connectivity index (χ0) is 17.1. The van der Waals surface area contributed by atoms with Crippen molar-refractivity contribution in [3.63, 3.8) is 0 Å². The highest BCUT2D eigenvalue weighted by Crippen LogP contribution is 2.32. The summed E-state index contributed by atoms with van der Waals surface area (Å²) in [5.74, 6) is -0.539. The van der Waals surface area contributed by atoms with Crippen molar-refractivity contribution in [2.24, 2.45) is 0 Å². The van der Waals surface area contributed by atoms with E-state index in [1.165, 1.54) is 11.3 Å². The van der Waals surface area contributed by atoms with Gasteiger partial charge in [0.15, 0.2) is 11.5 Å². The van der Waals surface area contributed by atoms with Crippen molar-refractivity contribution >= 4 is 34.8 Å². The third-order valence-corrected chi connectivity index (χ3v) is 5.37. The van der Waals surface area contributed by atoms with Crippen LogP contribution >= 0.6 is 22.9 Å². The Morgan fingerprint density at radius 2 is 2.25 bits per heavy atom. The third-order valence-electron chi connectivity index (χ3n) is 4.12. The molecule has 24 heavy (non-hydrogen) atoms. The van der Waals surface area contributed by atoms with E-state index < -0.39 is 5.97 Å². The molecule has 1 unspecified atom stereocenters. The molecule has 2 aromatic rings. The Morgan fingerprint density at radius 1 is 1.42 bits per heavy atom. The second-order valence-corrected chi connectivity index (χ2v) is 7.48. The van der Waals surface area contributed by atoms with Crippen molar-refractivity contribution < 1.29 is 19.2 Å². The number of hydrogen-bond donors (Lipinski definition) is 1. The summed E-state index contributed by atoms with van der Waals surface area (Å²) in [6.07, 6.45) is 3.27. The molecule has 0 aromatic carbocycles. The molecule has 128 valence electrons. The molecule has 2 aromatic heterocycles. The summed E-state index contributed by atoms with van der Waals surface area (Å²) in [6, 6.07) is 5.14. The van der Waals surface area contributed by atoms with Crippen LogP contribution in [-0.2, 0) is 4.79 Å². The first-order chi connectivity index (χ1) is 11.5. The van der Waals surface area contributed by atoms with Crippen LogP contribution in [0.4, 0.5) is 0 Å². The maximum Gasteiger partial charge on any atom is 0.303 e. The average molecular weight is 369 g/mol. The standard InChI is InChI=1S/C16H17ClN2O4S/c17-14-6-5-13(24-14)12-9-11(18-23-12)16(22)19-8-2-1-3-10(19)4-7-15(20)21/h5-6,9-10H,1-4,7-8H2,(H,20,21). The molecule has 1 saturated heterocycles. The van der Waals surface area contributed by atoms with Gasteiger partial charge in [-0.2, -0.15) is 0 Å². The Bertz CT molecular complexity index is 742. The minimum atomic E-state index is -0.841. The van der Waals surface area contributed by atoms with Crippen LogP contribution in [0.25, 0.3) is 10.6 Å². The zero-order valence-corrected chi connectivity index (χ0v) is 14.5. The molecule has 1 N–H and O–H groups in total. The van der Waals surface area contributed by atoms with Gasteiger partial charge in [0.1, 0.15) is 0 Å². The predicted molar refractivity (Wildman–Crippen MR) is 90.4 cm³/mol. The van der Waals surface area contributed by atoms with E-state index in [1.807, 2.05) is 6.07 Å². The molecule has 6 nitrogen and oxygen atoms in total. The number of piperidine rings is 1. The SMILES string of the molecule is O=C(O)CCC1CCCCN1C(=O)c1cc(-c2ccc(Cl)s2)on1. The number of amides is 1. The second-order valence-electron chi connectivity index (χ2n) is 5.76. The second kappa shape index (κ2) is 7.36. The van der Waals surface area contributed by atoms with Crippen LogP contribution < -0.4 is 0 Å². The van der Waals surface area contributed by atoms with Crippen molar-refractivity contribution in [3.05, 3.63) is 28.2 Å². The molecule has 3 rings (SSSR count). The van der Waals surface area contributed by atoms with Gasteiger partial charge in [-0.05, 0) is 37.8 Å². The molecule has 0 bridgehead atoms. The monoisotopic (exact) mass is 368 g/mol. The molecule has 8 heteroatoms. The topological polar surface area (TPSA) is 83.6 Å². The maximum absolute atomic E-state index is 12.7. The first kappa shape index (κ1) is 17.0. The van der Waals surface area contributed by atoms with E-state index in [-0.39, 0.29) is 24.1 Å². The van der Waals surface area contributed by atoms with E-state index in [9.17, 15) is 9.59 Å². The van der Waals surface area contributed by atoms with Crippen molar-refractivity contribution in [2.45, 2.75) is 38.1 Å². The Hall–Kier alpha value is -1.86. The summed E-state index contributed by atoms with van der Waals surface area (Å²) in [7, 11) is 0. The van der Waals surface area contributed by atoms with Crippen molar-refractivity contribution in [2.75, 3.05) is 6.54 Å². The lowest BCUT2D eigenvalue weighted by Crippen LogP contribution is -2.44. The molecule has 1 fully saturated rings. The molecular formula is C16H17ClN2O4S. The molecule has 3 heterocycles. The van der Waals surface area contributed by atoms with E-state index in [2.05, 4.69) is 5.16 Å². The van der Waals surface area contributed by atoms with Gasteiger partial charge < -0.3 is 14.5 Å². The van der Waals surface area contributed by atoms with Crippen molar-refractivity contribution in [3.8, 4) is 10.6 Å². The van der Waals surface area contributed by atoms with Crippen LogP contribution in [0.2, 0.25) is 4.34 Å². The Balaban J connectivity index is 1.74. The van der Waals surface area contributed by atoms with Crippen molar-refractivity contribution in [1.82, 2.24) is 10.1 Å². The van der Waals surface area contributed by atoms with Gasteiger partial charge in [0.2, 0.25) is 0 Å². The molecule has 0 spiro atoms. The minimum absolute atomic E-state index is 0.0568. The number of aliphatic carboxylic acids is 1. The van der Waals surface area contributed by atoms with Gasteiger partial charge in [-0.1, -0.05) is 16.8 Å². The van der Waals surface area contributed by atoms with Gasteiger partial charge >= 0.3 is 5.97 Å². The van der Waals surface area contributed by atoms with Gasteiger partial charge in [0.25, 0.3) is 5.91 Å². The molecule has 1 amide bonds. The number of hydrogen-bond acceptors (Lipinski definition) is 5. The number of nitrogens with zero attached hydrogens (tertiary/aromatic N) is 2. The summed E-state index contributed by atoms with van der Waals surface area (Å²) in [4.78, 5) is 26.1. The summed E-state index contributed by atoms with van der Waals surface area (Å²) in [5, 5.41) is 12.8. The number of thiophene rings is 1. The van der Waals surface area contributed by atoms with Gasteiger partial charge in [-0.25, -0.2) is 0 Å².